The summed E-state index contributed by atoms with van der Waals surface area (Å²) in [5, 5.41) is 3.35. The number of benzene rings is 2. The van der Waals surface area contributed by atoms with Crippen LogP contribution in [0.1, 0.15) is 0 Å². The summed E-state index contributed by atoms with van der Waals surface area (Å²) in [7, 11) is 3.41. The van der Waals surface area contributed by atoms with Gasteiger partial charge in [-0.1, -0.05) is 29.8 Å². The molecule has 0 bridgehead atoms. The van der Waals surface area contributed by atoms with Crippen molar-refractivity contribution in [1.82, 2.24) is 4.90 Å². The number of para-hydroxylation sites is 1. The Morgan fingerprint density at radius 1 is 1.21 bits per heavy atom. The van der Waals surface area contributed by atoms with Crippen LogP contribution in [0.15, 0.2) is 48.5 Å². The zero-order valence-electron chi connectivity index (χ0n) is 13.8. The summed E-state index contributed by atoms with van der Waals surface area (Å²) in [5.41, 5.74) is 0.559. The van der Waals surface area contributed by atoms with Gasteiger partial charge in [-0.25, -0.2) is 0 Å². The Balaban J connectivity index is 1.78. The van der Waals surface area contributed by atoms with Crippen molar-refractivity contribution < 1.29 is 14.3 Å². The Bertz CT molecular complexity index is 665. The van der Waals surface area contributed by atoms with Gasteiger partial charge in [0, 0.05) is 11.6 Å². The van der Waals surface area contributed by atoms with Gasteiger partial charge >= 0.3 is 0 Å². The Morgan fingerprint density at radius 3 is 2.67 bits per heavy atom. The lowest BCUT2D eigenvalue weighted by Crippen LogP contribution is -2.33. The molecular formula is C18H21ClN2O3. The fraction of sp³-hybridized carbons (Fsp3) is 0.278. The van der Waals surface area contributed by atoms with Gasteiger partial charge in [0.15, 0.2) is 0 Å². The van der Waals surface area contributed by atoms with E-state index in [0.717, 1.165) is 5.75 Å². The standard InChI is InChI=1S/C18H21ClN2O3/c1-21(10-11-24-15-6-4-3-5-7-15)13-18(22)20-16-12-14(19)8-9-17(16)23-2/h3-9,12H,10-11,13H2,1-2H3,(H,20,22). The molecule has 0 saturated carbocycles. The number of carbonyl (C=O) groups is 1. The van der Waals surface area contributed by atoms with Crippen LogP contribution in [-0.4, -0.2) is 44.7 Å². The lowest BCUT2D eigenvalue weighted by atomic mass is 10.3. The molecule has 2 rings (SSSR count). The summed E-state index contributed by atoms with van der Waals surface area (Å²) in [4.78, 5) is 14.0. The number of anilines is 1. The first-order valence-electron chi connectivity index (χ1n) is 7.58. The van der Waals surface area contributed by atoms with Gasteiger partial charge < -0.3 is 14.8 Å². The summed E-state index contributed by atoms with van der Waals surface area (Å²) >= 11 is 5.96. The van der Waals surface area contributed by atoms with Gasteiger partial charge in [0.2, 0.25) is 5.91 Å². The molecule has 6 heteroatoms. The van der Waals surface area contributed by atoms with Crippen LogP contribution in [0.5, 0.6) is 11.5 Å². The van der Waals surface area contributed by atoms with Crippen LogP contribution in [0.4, 0.5) is 5.69 Å². The molecule has 24 heavy (non-hydrogen) atoms. The largest absolute Gasteiger partial charge is 0.495 e. The van der Waals surface area contributed by atoms with Crippen LogP contribution in [0.2, 0.25) is 5.02 Å². The number of amides is 1. The number of halogens is 1. The van der Waals surface area contributed by atoms with Crippen molar-refractivity contribution in [2.24, 2.45) is 0 Å². The number of nitrogens with zero attached hydrogens (tertiary/aromatic N) is 1. The van der Waals surface area contributed by atoms with E-state index in [9.17, 15) is 4.79 Å². The minimum atomic E-state index is -0.141. The zero-order valence-corrected chi connectivity index (χ0v) is 14.5. The summed E-state index contributed by atoms with van der Waals surface area (Å²) in [6, 6.07) is 14.7. The van der Waals surface area contributed by atoms with E-state index < -0.39 is 0 Å². The van der Waals surface area contributed by atoms with E-state index in [1.54, 1.807) is 25.3 Å². The number of hydrogen-bond acceptors (Lipinski definition) is 4. The first-order chi connectivity index (χ1) is 11.6. The second-order valence-electron chi connectivity index (χ2n) is 5.29. The van der Waals surface area contributed by atoms with Crippen LogP contribution in [0.3, 0.4) is 0 Å². The second-order valence-corrected chi connectivity index (χ2v) is 5.73. The summed E-state index contributed by atoms with van der Waals surface area (Å²) < 4.78 is 10.8. The fourth-order valence-electron chi connectivity index (χ4n) is 2.13. The van der Waals surface area contributed by atoms with E-state index in [4.69, 9.17) is 21.1 Å². The molecule has 128 valence electrons. The maximum atomic E-state index is 12.1. The monoisotopic (exact) mass is 348 g/mol. The van der Waals surface area contributed by atoms with Crippen molar-refractivity contribution in [2.45, 2.75) is 0 Å². The summed E-state index contributed by atoms with van der Waals surface area (Å²) in [6.45, 7) is 1.39. The summed E-state index contributed by atoms with van der Waals surface area (Å²) in [6.07, 6.45) is 0. The highest BCUT2D eigenvalue weighted by atomic mass is 35.5. The van der Waals surface area contributed by atoms with Gasteiger partial charge in [-0.2, -0.15) is 0 Å². The van der Waals surface area contributed by atoms with E-state index in [1.807, 2.05) is 42.3 Å². The van der Waals surface area contributed by atoms with Gasteiger partial charge in [0.05, 0.1) is 19.3 Å². The van der Waals surface area contributed by atoms with Gasteiger partial charge in [0.25, 0.3) is 0 Å². The molecule has 1 N–H and O–H groups in total. The third kappa shape index (κ3) is 5.76. The van der Waals surface area contributed by atoms with Crippen LogP contribution in [-0.2, 0) is 4.79 Å². The highest BCUT2D eigenvalue weighted by Gasteiger charge is 2.10. The zero-order chi connectivity index (χ0) is 17.4. The number of rotatable bonds is 8. The van der Waals surface area contributed by atoms with E-state index in [1.165, 1.54) is 0 Å². The van der Waals surface area contributed by atoms with Crippen LogP contribution in [0, 0.1) is 0 Å². The molecule has 0 unspecified atom stereocenters. The molecule has 0 fully saturated rings. The molecule has 0 aliphatic rings. The van der Waals surface area contributed by atoms with Crippen molar-refractivity contribution in [3.8, 4) is 11.5 Å². The Morgan fingerprint density at radius 2 is 1.96 bits per heavy atom. The Hall–Kier alpha value is -2.24. The molecule has 0 radical (unpaired) electrons. The topological polar surface area (TPSA) is 50.8 Å². The molecule has 0 heterocycles. The smallest absolute Gasteiger partial charge is 0.238 e. The maximum Gasteiger partial charge on any atom is 0.238 e. The highest BCUT2D eigenvalue weighted by molar-refractivity contribution is 6.31. The van der Waals surface area contributed by atoms with Crippen LogP contribution >= 0.6 is 11.6 Å². The number of nitrogens with one attached hydrogen (secondary N) is 1. The third-order valence-corrected chi connectivity index (χ3v) is 3.57. The van der Waals surface area contributed by atoms with Crippen molar-refractivity contribution in [3.63, 3.8) is 0 Å². The predicted octanol–water partition coefficient (Wildman–Crippen LogP) is 3.30. The van der Waals surface area contributed by atoms with E-state index in [2.05, 4.69) is 5.32 Å². The molecule has 0 aliphatic heterocycles. The van der Waals surface area contributed by atoms with E-state index >= 15 is 0 Å². The van der Waals surface area contributed by atoms with Crippen molar-refractivity contribution >= 4 is 23.2 Å². The number of hydrogen-bond donors (Lipinski definition) is 1. The molecule has 0 aromatic heterocycles. The van der Waals surface area contributed by atoms with Crippen molar-refractivity contribution in [1.29, 1.82) is 0 Å². The lowest BCUT2D eigenvalue weighted by molar-refractivity contribution is -0.117. The minimum absolute atomic E-state index is 0.141. The van der Waals surface area contributed by atoms with Gasteiger partial charge in [-0.15, -0.1) is 0 Å². The molecule has 0 atom stereocenters. The average molecular weight is 349 g/mol. The van der Waals surface area contributed by atoms with Crippen LogP contribution in [0.25, 0.3) is 0 Å². The molecule has 0 aliphatic carbocycles. The van der Waals surface area contributed by atoms with Gasteiger partial charge in [-0.3, -0.25) is 9.69 Å². The number of carbonyl (C=O) groups excluding carboxylic acids is 1. The molecule has 5 nitrogen and oxygen atoms in total. The fourth-order valence-corrected chi connectivity index (χ4v) is 2.30. The van der Waals surface area contributed by atoms with Gasteiger partial charge in [-0.05, 0) is 37.4 Å². The first kappa shape index (κ1) is 18.1. The SMILES string of the molecule is COc1ccc(Cl)cc1NC(=O)CN(C)CCOc1ccccc1. The average Bonchev–Trinajstić information content (AvgIpc) is 2.56. The minimum Gasteiger partial charge on any atom is -0.495 e. The van der Waals surface area contributed by atoms with E-state index in [0.29, 0.717) is 29.6 Å². The number of ether oxygens (including phenoxy) is 2. The lowest BCUT2D eigenvalue weighted by Gasteiger charge is -2.17. The Labute approximate surface area is 147 Å². The quantitative estimate of drug-likeness (QED) is 0.795. The number of likely N-dealkylation sites (N-methyl/N-ethyl adjacent to an activating group) is 1. The first-order valence-corrected chi connectivity index (χ1v) is 7.96. The maximum absolute atomic E-state index is 12.1. The van der Waals surface area contributed by atoms with E-state index in [-0.39, 0.29) is 12.5 Å². The van der Waals surface area contributed by atoms with Crippen molar-refractivity contribution in [3.05, 3.63) is 53.6 Å². The van der Waals surface area contributed by atoms with Gasteiger partial charge in [0.1, 0.15) is 18.1 Å². The Kier molecular flexibility index (Phi) is 6.90. The van der Waals surface area contributed by atoms with Crippen molar-refractivity contribution in [2.75, 3.05) is 39.2 Å². The molecule has 0 spiro atoms. The molecule has 2 aromatic carbocycles. The normalized spacial score (nSPS) is 10.5. The molecular weight excluding hydrogens is 328 g/mol. The molecule has 0 saturated heterocycles. The third-order valence-electron chi connectivity index (χ3n) is 3.33. The second kappa shape index (κ2) is 9.15. The highest BCUT2D eigenvalue weighted by Crippen LogP contribution is 2.27. The molecule has 2 aromatic rings. The number of methoxy groups -OCH3 is 1. The predicted molar refractivity (Wildman–Crippen MR) is 96.1 cm³/mol. The van der Waals surface area contributed by atoms with Crippen LogP contribution < -0.4 is 14.8 Å². The summed E-state index contributed by atoms with van der Waals surface area (Å²) in [5.74, 6) is 1.25. The molecule has 1 amide bonds.